The number of aromatic nitrogens is 1. The maximum absolute atomic E-state index is 11.9. The molecule has 0 fully saturated rings. The second kappa shape index (κ2) is 5.70. The molecule has 0 bridgehead atoms. The number of aromatic amines is 1. The fourth-order valence-corrected chi connectivity index (χ4v) is 1.42. The molecule has 0 saturated heterocycles. The van der Waals surface area contributed by atoms with Crippen molar-refractivity contribution in [1.29, 1.82) is 0 Å². The second-order valence-corrected chi connectivity index (χ2v) is 3.45. The molecule has 6 heteroatoms. The molecule has 0 unspecified atom stereocenters. The average Bonchev–Trinajstić information content (AvgIpc) is 2.77. The van der Waals surface area contributed by atoms with E-state index in [9.17, 15) is 14.9 Å². The first-order chi connectivity index (χ1) is 8.10. The highest BCUT2D eigenvalue weighted by molar-refractivity contribution is 5.93. The molecule has 0 aromatic carbocycles. The minimum absolute atomic E-state index is 0.181. The maximum Gasteiger partial charge on any atom is 0.321 e. The monoisotopic (exact) mass is 235 g/mol. The van der Waals surface area contributed by atoms with E-state index in [1.807, 2.05) is 6.92 Å². The summed E-state index contributed by atoms with van der Waals surface area (Å²) in [5.41, 5.74) is 0.181. The smallest absolute Gasteiger partial charge is 0.321 e. The van der Waals surface area contributed by atoms with E-state index in [0.717, 1.165) is 6.42 Å². The molecule has 90 valence electrons. The number of nitrogens with one attached hydrogen (secondary N) is 1. The van der Waals surface area contributed by atoms with Gasteiger partial charge in [0.25, 0.3) is 5.91 Å². The quantitative estimate of drug-likeness (QED) is 0.476. The van der Waals surface area contributed by atoms with Gasteiger partial charge in [-0.1, -0.05) is 12.8 Å². The van der Waals surface area contributed by atoms with Crippen LogP contribution in [0, 0.1) is 22.5 Å². The fraction of sp³-hybridized carbons (Fsp3) is 0.364. The van der Waals surface area contributed by atoms with Crippen LogP contribution < -0.4 is 0 Å². The Bertz CT molecular complexity index is 459. The van der Waals surface area contributed by atoms with E-state index >= 15 is 0 Å². The number of nitrogens with zero attached hydrogens (tertiary/aromatic N) is 2. The number of carbonyl (C=O) groups excluding carboxylic acids is 1. The lowest BCUT2D eigenvalue weighted by Gasteiger charge is -2.17. The van der Waals surface area contributed by atoms with Crippen LogP contribution in [0.4, 0.5) is 5.82 Å². The van der Waals surface area contributed by atoms with Gasteiger partial charge in [0.2, 0.25) is 0 Å². The van der Waals surface area contributed by atoms with Gasteiger partial charge in [0.05, 0.1) is 6.54 Å². The summed E-state index contributed by atoms with van der Waals surface area (Å²) in [5, 5.41) is 10.5. The number of nitro groups is 1. The maximum atomic E-state index is 11.9. The molecule has 1 N–H and O–H groups in total. The molecule has 0 aliphatic heterocycles. The highest BCUT2D eigenvalue weighted by atomic mass is 16.6. The minimum Gasteiger partial charge on any atom is -0.358 e. The van der Waals surface area contributed by atoms with Crippen molar-refractivity contribution < 1.29 is 9.72 Å². The van der Waals surface area contributed by atoms with Crippen LogP contribution in [0.3, 0.4) is 0 Å². The van der Waals surface area contributed by atoms with Crippen LogP contribution in [0.1, 0.15) is 23.8 Å². The number of amides is 1. The lowest BCUT2D eigenvalue weighted by Crippen LogP contribution is -2.32. The molecule has 1 aromatic rings. The zero-order chi connectivity index (χ0) is 12.8. The molecular formula is C11H13N3O3. The van der Waals surface area contributed by atoms with Crippen molar-refractivity contribution in [3.63, 3.8) is 0 Å². The Morgan fingerprint density at radius 1 is 1.65 bits per heavy atom. The molecule has 1 aromatic heterocycles. The van der Waals surface area contributed by atoms with E-state index < -0.39 is 4.92 Å². The summed E-state index contributed by atoms with van der Waals surface area (Å²) >= 11 is 0. The molecule has 6 nitrogen and oxygen atoms in total. The van der Waals surface area contributed by atoms with Crippen LogP contribution in [0.2, 0.25) is 0 Å². The van der Waals surface area contributed by atoms with Gasteiger partial charge in [0.15, 0.2) is 5.69 Å². The number of hydrogen-bond acceptors (Lipinski definition) is 3. The number of rotatable bonds is 5. The van der Waals surface area contributed by atoms with Gasteiger partial charge in [-0.05, 0) is 17.4 Å². The third kappa shape index (κ3) is 3.08. The summed E-state index contributed by atoms with van der Waals surface area (Å²) in [7, 11) is 0. The number of hydrogen-bond donors (Lipinski definition) is 1. The molecule has 1 rings (SSSR count). The van der Waals surface area contributed by atoms with Crippen LogP contribution in [0.5, 0.6) is 0 Å². The van der Waals surface area contributed by atoms with E-state index in [0.29, 0.717) is 6.54 Å². The molecule has 0 radical (unpaired) electrons. The van der Waals surface area contributed by atoms with E-state index in [1.165, 1.54) is 17.0 Å². The van der Waals surface area contributed by atoms with Gasteiger partial charge < -0.3 is 15.0 Å². The largest absolute Gasteiger partial charge is 0.358 e. The summed E-state index contributed by atoms with van der Waals surface area (Å²) < 4.78 is 0. The SMILES string of the molecule is C#CCN(CCC)C(=O)c1ccc([N+](=O)[O-])[nH]1. The molecule has 0 saturated carbocycles. The highest BCUT2D eigenvalue weighted by Crippen LogP contribution is 2.12. The van der Waals surface area contributed by atoms with Crippen LogP contribution in [0.15, 0.2) is 12.1 Å². The first-order valence-electron chi connectivity index (χ1n) is 5.16. The average molecular weight is 235 g/mol. The van der Waals surface area contributed by atoms with E-state index in [1.54, 1.807) is 0 Å². The van der Waals surface area contributed by atoms with Crippen molar-refractivity contribution in [3.05, 3.63) is 27.9 Å². The predicted molar refractivity (Wildman–Crippen MR) is 62.5 cm³/mol. The molecule has 1 heterocycles. The topological polar surface area (TPSA) is 79.2 Å². The molecular weight excluding hydrogens is 222 g/mol. The van der Waals surface area contributed by atoms with Crippen LogP contribution >= 0.6 is 0 Å². The van der Waals surface area contributed by atoms with Gasteiger partial charge in [0.1, 0.15) is 0 Å². The summed E-state index contributed by atoms with van der Waals surface area (Å²) in [6, 6.07) is 2.65. The van der Waals surface area contributed by atoms with Crippen molar-refractivity contribution in [3.8, 4) is 12.3 Å². The van der Waals surface area contributed by atoms with Gasteiger partial charge in [-0.3, -0.25) is 4.79 Å². The molecule has 1 amide bonds. The van der Waals surface area contributed by atoms with Crippen molar-refractivity contribution >= 4 is 11.7 Å². The van der Waals surface area contributed by atoms with Crippen LogP contribution in [0.25, 0.3) is 0 Å². The summed E-state index contributed by atoms with van der Waals surface area (Å²) in [6.45, 7) is 2.64. The zero-order valence-corrected chi connectivity index (χ0v) is 9.47. The van der Waals surface area contributed by atoms with E-state index in [-0.39, 0.29) is 24.0 Å². The van der Waals surface area contributed by atoms with Gasteiger partial charge in [-0.15, -0.1) is 6.42 Å². The lowest BCUT2D eigenvalue weighted by molar-refractivity contribution is -0.389. The summed E-state index contributed by atoms with van der Waals surface area (Å²) in [4.78, 5) is 25.7. The zero-order valence-electron chi connectivity index (χ0n) is 9.47. The Kier molecular flexibility index (Phi) is 4.29. The van der Waals surface area contributed by atoms with Gasteiger partial charge in [0, 0.05) is 12.6 Å². The first-order valence-corrected chi connectivity index (χ1v) is 5.16. The Morgan fingerprint density at radius 2 is 2.35 bits per heavy atom. The third-order valence-corrected chi connectivity index (χ3v) is 2.16. The van der Waals surface area contributed by atoms with E-state index in [2.05, 4.69) is 10.9 Å². The Balaban J connectivity index is 2.85. The molecule has 0 aliphatic rings. The lowest BCUT2D eigenvalue weighted by atomic mass is 10.3. The van der Waals surface area contributed by atoms with Crippen molar-refractivity contribution in [1.82, 2.24) is 9.88 Å². The van der Waals surface area contributed by atoms with Gasteiger partial charge >= 0.3 is 5.82 Å². The molecule has 0 atom stereocenters. The molecule has 0 spiro atoms. The Morgan fingerprint density at radius 3 is 2.82 bits per heavy atom. The van der Waals surface area contributed by atoms with Crippen molar-refractivity contribution in [2.75, 3.05) is 13.1 Å². The number of H-pyrrole nitrogens is 1. The van der Waals surface area contributed by atoms with Crippen molar-refractivity contribution in [2.24, 2.45) is 0 Å². The normalized spacial score (nSPS) is 9.65. The third-order valence-electron chi connectivity index (χ3n) is 2.16. The second-order valence-electron chi connectivity index (χ2n) is 3.45. The Hall–Kier alpha value is -2.29. The Labute approximate surface area is 98.8 Å². The first kappa shape index (κ1) is 12.8. The van der Waals surface area contributed by atoms with Gasteiger partial charge in [-0.2, -0.15) is 0 Å². The number of terminal acetylenes is 1. The highest BCUT2D eigenvalue weighted by Gasteiger charge is 2.20. The van der Waals surface area contributed by atoms with E-state index in [4.69, 9.17) is 6.42 Å². The standard InChI is InChI=1S/C11H13N3O3/c1-3-7-13(8-4-2)11(15)9-5-6-10(12-9)14(16)17/h1,5-6,12H,4,7-8H2,2H3. The molecule has 17 heavy (non-hydrogen) atoms. The number of carbonyl (C=O) groups is 1. The van der Waals surface area contributed by atoms with Gasteiger partial charge in [-0.25, -0.2) is 4.98 Å². The van der Waals surface area contributed by atoms with Crippen molar-refractivity contribution in [2.45, 2.75) is 13.3 Å². The molecule has 0 aliphatic carbocycles. The van der Waals surface area contributed by atoms with Crippen LogP contribution in [-0.2, 0) is 0 Å². The predicted octanol–water partition coefficient (Wildman–Crippen LogP) is 1.41. The minimum atomic E-state index is -0.581. The summed E-state index contributed by atoms with van der Waals surface area (Å²) in [6.07, 6.45) is 5.94. The summed E-state index contributed by atoms with van der Waals surface area (Å²) in [5.74, 6) is 1.87. The van der Waals surface area contributed by atoms with Crippen LogP contribution in [-0.4, -0.2) is 33.8 Å². The fourth-order valence-electron chi connectivity index (χ4n) is 1.42.